The SMILES string of the molecule is O=C(CSc1nnc(-c2ccco2)n1-c1ccccc1Cl)N1CCN(c2ccc(F)cc2)CC1. The third-order valence-corrected chi connectivity index (χ3v) is 6.85. The third kappa shape index (κ3) is 4.67. The van der Waals surface area contributed by atoms with Gasteiger partial charge in [-0.1, -0.05) is 35.5 Å². The van der Waals surface area contributed by atoms with Gasteiger partial charge in [0.05, 0.1) is 22.7 Å². The topological polar surface area (TPSA) is 67.4 Å². The molecule has 0 radical (unpaired) electrons. The maximum atomic E-state index is 13.2. The number of furan rings is 1. The fourth-order valence-corrected chi connectivity index (χ4v) is 4.93. The predicted octanol–water partition coefficient (Wildman–Crippen LogP) is 4.76. The highest BCUT2D eigenvalue weighted by Gasteiger charge is 2.24. The van der Waals surface area contributed by atoms with E-state index in [-0.39, 0.29) is 17.5 Å². The molecule has 0 unspecified atom stereocenters. The molecule has 1 amide bonds. The Balaban J connectivity index is 1.28. The summed E-state index contributed by atoms with van der Waals surface area (Å²) >= 11 is 7.77. The van der Waals surface area contributed by atoms with Crippen LogP contribution in [0.15, 0.2) is 76.5 Å². The summed E-state index contributed by atoms with van der Waals surface area (Å²) in [4.78, 5) is 16.9. The molecular weight excluding hydrogens is 477 g/mol. The summed E-state index contributed by atoms with van der Waals surface area (Å²) in [6.45, 7) is 2.60. The summed E-state index contributed by atoms with van der Waals surface area (Å²) < 4.78 is 20.5. The average Bonchev–Trinajstić information content (AvgIpc) is 3.53. The molecule has 4 aromatic rings. The van der Waals surface area contributed by atoms with E-state index in [0.29, 0.717) is 53.6 Å². The number of aromatic nitrogens is 3. The lowest BCUT2D eigenvalue weighted by Crippen LogP contribution is -2.49. The van der Waals surface area contributed by atoms with E-state index in [0.717, 1.165) is 5.69 Å². The second-order valence-electron chi connectivity index (χ2n) is 7.70. The van der Waals surface area contributed by atoms with E-state index in [9.17, 15) is 9.18 Å². The molecule has 2 aromatic carbocycles. The van der Waals surface area contributed by atoms with Gasteiger partial charge in [0.25, 0.3) is 0 Å². The van der Waals surface area contributed by atoms with Gasteiger partial charge in [-0.3, -0.25) is 9.36 Å². The largest absolute Gasteiger partial charge is 0.461 e. The molecule has 1 saturated heterocycles. The van der Waals surface area contributed by atoms with Crippen LogP contribution in [0.1, 0.15) is 0 Å². The minimum atomic E-state index is -0.255. The van der Waals surface area contributed by atoms with E-state index in [2.05, 4.69) is 15.1 Å². The van der Waals surface area contributed by atoms with Crippen LogP contribution in [-0.2, 0) is 4.79 Å². The van der Waals surface area contributed by atoms with Crippen LogP contribution in [0.2, 0.25) is 5.02 Å². The highest BCUT2D eigenvalue weighted by atomic mass is 35.5. The van der Waals surface area contributed by atoms with Gasteiger partial charge in [-0.15, -0.1) is 10.2 Å². The Morgan fingerprint density at radius 2 is 1.76 bits per heavy atom. The first kappa shape index (κ1) is 22.5. The number of carbonyl (C=O) groups excluding carboxylic acids is 1. The van der Waals surface area contributed by atoms with Crippen LogP contribution >= 0.6 is 23.4 Å². The average molecular weight is 498 g/mol. The first-order chi connectivity index (χ1) is 16.6. The van der Waals surface area contributed by atoms with Crippen molar-refractivity contribution in [3.8, 4) is 17.3 Å². The molecule has 0 aliphatic carbocycles. The van der Waals surface area contributed by atoms with Crippen molar-refractivity contribution in [2.45, 2.75) is 5.16 Å². The van der Waals surface area contributed by atoms with Crippen LogP contribution in [0.25, 0.3) is 17.3 Å². The number of para-hydroxylation sites is 1. The number of piperazine rings is 1. The number of hydrogen-bond donors (Lipinski definition) is 0. The molecule has 10 heteroatoms. The molecule has 174 valence electrons. The maximum Gasteiger partial charge on any atom is 0.233 e. The first-order valence-electron chi connectivity index (χ1n) is 10.8. The highest BCUT2D eigenvalue weighted by molar-refractivity contribution is 7.99. The van der Waals surface area contributed by atoms with E-state index < -0.39 is 0 Å². The van der Waals surface area contributed by atoms with Gasteiger partial charge in [0, 0.05) is 31.9 Å². The Hall–Kier alpha value is -3.30. The lowest BCUT2D eigenvalue weighted by atomic mass is 10.2. The van der Waals surface area contributed by atoms with E-state index >= 15 is 0 Å². The number of carbonyl (C=O) groups is 1. The van der Waals surface area contributed by atoms with Crippen molar-refractivity contribution < 1.29 is 13.6 Å². The third-order valence-electron chi connectivity index (χ3n) is 5.62. The molecule has 34 heavy (non-hydrogen) atoms. The monoisotopic (exact) mass is 497 g/mol. The van der Waals surface area contributed by atoms with Gasteiger partial charge in [0.1, 0.15) is 5.82 Å². The molecule has 1 aliphatic heterocycles. The number of hydrogen-bond acceptors (Lipinski definition) is 6. The van der Waals surface area contributed by atoms with Crippen molar-refractivity contribution in [1.29, 1.82) is 0 Å². The summed E-state index contributed by atoms with van der Waals surface area (Å²) in [5.41, 5.74) is 1.67. The highest BCUT2D eigenvalue weighted by Crippen LogP contribution is 2.31. The van der Waals surface area contributed by atoms with Crippen molar-refractivity contribution in [2.24, 2.45) is 0 Å². The van der Waals surface area contributed by atoms with Crippen molar-refractivity contribution in [2.75, 3.05) is 36.8 Å². The Labute approximate surface area is 205 Å². The van der Waals surface area contributed by atoms with Crippen LogP contribution in [0, 0.1) is 5.82 Å². The standard InChI is InChI=1S/C24H21ClFN5O2S/c25-19-4-1-2-5-20(19)31-23(21-6-3-15-33-21)27-28-24(31)34-16-22(32)30-13-11-29(12-14-30)18-9-7-17(26)8-10-18/h1-10,15H,11-14,16H2. The van der Waals surface area contributed by atoms with Crippen molar-refractivity contribution in [3.63, 3.8) is 0 Å². The van der Waals surface area contributed by atoms with Gasteiger partial charge in [0.15, 0.2) is 10.9 Å². The Bertz CT molecular complexity index is 1270. The van der Waals surface area contributed by atoms with Gasteiger partial charge < -0.3 is 14.2 Å². The summed E-state index contributed by atoms with van der Waals surface area (Å²) in [6, 6.07) is 17.4. The molecule has 1 fully saturated rings. The fraction of sp³-hybridized carbons (Fsp3) is 0.208. The minimum absolute atomic E-state index is 0.0250. The molecule has 0 atom stereocenters. The van der Waals surface area contributed by atoms with Crippen molar-refractivity contribution in [1.82, 2.24) is 19.7 Å². The van der Waals surface area contributed by atoms with Gasteiger partial charge >= 0.3 is 0 Å². The van der Waals surface area contributed by atoms with Crippen LogP contribution in [0.4, 0.5) is 10.1 Å². The van der Waals surface area contributed by atoms with Crippen LogP contribution < -0.4 is 4.90 Å². The van der Waals surface area contributed by atoms with E-state index in [1.807, 2.05) is 27.7 Å². The Morgan fingerprint density at radius 1 is 1.00 bits per heavy atom. The summed E-state index contributed by atoms with van der Waals surface area (Å²) in [5, 5.41) is 9.71. The number of anilines is 1. The molecule has 3 heterocycles. The lowest BCUT2D eigenvalue weighted by Gasteiger charge is -2.36. The van der Waals surface area contributed by atoms with Gasteiger partial charge in [0.2, 0.25) is 11.7 Å². The lowest BCUT2D eigenvalue weighted by molar-refractivity contribution is -0.128. The number of amides is 1. The summed E-state index contributed by atoms with van der Waals surface area (Å²) in [5.74, 6) is 1.06. The van der Waals surface area contributed by atoms with Gasteiger partial charge in [-0.2, -0.15) is 0 Å². The zero-order valence-electron chi connectivity index (χ0n) is 18.1. The van der Waals surface area contributed by atoms with Crippen LogP contribution in [0.3, 0.4) is 0 Å². The summed E-state index contributed by atoms with van der Waals surface area (Å²) in [6.07, 6.45) is 1.57. The molecule has 0 N–H and O–H groups in total. The van der Waals surface area contributed by atoms with E-state index in [1.54, 1.807) is 36.6 Å². The second-order valence-corrected chi connectivity index (χ2v) is 9.05. The van der Waals surface area contributed by atoms with Crippen molar-refractivity contribution in [3.05, 3.63) is 77.8 Å². The molecule has 0 spiro atoms. The molecule has 1 aliphatic rings. The number of thioether (sulfide) groups is 1. The number of rotatable bonds is 6. The van der Waals surface area contributed by atoms with Crippen LogP contribution in [0.5, 0.6) is 0 Å². The number of benzene rings is 2. The second kappa shape index (κ2) is 9.90. The Kier molecular flexibility index (Phi) is 6.55. The summed E-state index contributed by atoms with van der Waals surface area (Å²) in [7, 11) is 0. The molecule has 5 rings (SSSR count). The van der Waals surface area contributed by atoms with E-state index in [1.165, 1.54) is 23.9 Å². The quantitative estimate of drug-likeness (QED) is 0.358. The molecule has 2 aromatic heterocycles. The van der Waals surface area contributed by atoms with Gasteiger partial charge in [-0.05, 0) is 48.5 Å². The minimum Gasteiger partial charge on any atom is -0.461 e. The number of nitrogens with zero attached hydrogens (tertiary/aromatic N) is 5. The molecular formula is C24H21ClFN5O2S. The maximum absolute atomic E-state index is 13.2. The normalized spacial score (nSPS) is 13.9. The van der Waals surface area contributed by atoms with E-state index in [4.69, 9.17) is 16.0 Å². The number of halogens is 2. The predicted molar refractivity (Wildman–Crippen MR) is 130 cm³/mol. The first-order valence-corrected chi connectivity index (χ1v) is 12.1. The Morgan fingerprint density at radius 3 is 2.47 bits per heavy atom. The van der Waals surface area contributed by atoms with Gasteiger partial charge in [-0.25, -0.2) is 4.39 Å². The smallest absolute Gasteiger partial charge is 0.233 e. The molecule has 0 saturated carbocycles. The zero-order chi connectivity index (χ0) is 23.5. The molecule has 0 bridgehead atoms. The zero-order valence-corrected chi connectivity index (χ0v) is 19.7. The van der Waals surface area contributed by atoms with Crippen molar-refractivity contribution >= 4 is 35.0 Å². The fourth-order valence-electron chi connectivity index (χ4n) is 3.86. The molecule has 7 nitrogen and oxygen atoms in total. The van der Waals surface area contributed by atoms with Crippen LogP contribution in [-0.4, -0.2) is 57.5 Å².